The number of fused-ring (bicyclic) bond motifs is 1. The standard InChI is InChI=1S/C14H14N2O4/c1-2-5-19-12-7-10(8-17)6-11-14(12)20-9-13(18)16(11)4-3-15/h6-8H,2,4-5,9H2,1H3. The van der Waals surface area contributed by atoms with Gasteiger partial charge in [-0.25, -0.2) is 0 Å². The Morgan fingerprint density at radius 3 is 3.00 bits per heavy atom. The zero-order chi connectivity index (χ0) is 14.5. The van der Waals surface area contributed by atoms with Gasteiger partial charge in [0.05, 0.1) is 18.4 Å². The fourth-order valence-electron chi connectivity index (χ4n) is 1.93. The third-order valence-corrected chi connectivity index (χ3v) is 2.82. The van der Waals surface area contributed by atoms with Crippen molar-refractivity contribution < 1.29 is 19.1 Å². The van der Waals surface area contributed by atoms with Crippen LogP contribution in [0.5, 0.6) is 11.5 Å². The third-order valence-electron chi connectivity index (χ3n) is 2.82. The van der Waals surface area contributed by atoms with Gasteiger partial charge in [-0.1, -0.05) is 6.92 Å². The van der Waals surface area contributed by atoms with Crippen LogP contribution < -0.4 is 14.4 Å². The molecule has 104 valence electrons. The van der Waals surface area contributed by atoms with E-state index in [0.29, 0.717) is 35.6 Å². The summed E-state index contributed by atoms with van der Waals surface area (Å²) in [5.41, 5.74) is 0.773. The molecule has 1 amide bonds. The molecule has 0 bridgehead atoms. The van der Waals surface area contributed by atoms with Gasteiger partial charge in [-0.3, -0.25) is 14.5 Å². The Hall–Kier alpha value is -2.55. The van der Waals surface area contributed by atoms with Crippen molar-refractivity contribution in [3.05, 3.63) is 17.7 Å². The molecule has 0 fully saturated rings. The molecule has 0 saturated heterocycles. The third kappa shape index (κ3) is 2.57. The molecule has 0 aromatic heterocycles. The number of ether oxygens (including phenoxy) is 2. The lowest BCUT2D eigenvalue weighted by Gasteiger charge is -2.29. The Bertz CT molecular complexity index is 577. The number of nitriles is 1. The molecular weight excluding hydrogens is 260 g/mol. The summed E-state index contributed by atoms with van der Waals surface area (Å²) in [4.78, 5) is 24.1. The minimum Gasteiger partial charge on any atom is -0.490 e. The molecule has 2 rings (SSSR count). The smallest absolute Gasteiger partial charge is 0.265 e. The van der Waals surface area contributed by atoms with Crippen molar-refractivity contribution >= 4 is 17.9 Å². The Kier molecular flexibility index (Phi) is 4.20. The second kappa shape index (κ2) is 6.06. The van der Waals surface area contributed by atoms with Crippen LogP contribution in [0.2, 0.25) is 0 Å². The summed E-state index contributed by atoms with van der Waals surface area (Å²) in [5.74, 6) is 0.504. The van der Waals surface area contributed by atoms with Crippen LogP contribution in [-0.4, -0.2) is 32.0 Å². The minimum absolute atomic E-state index is 0.0925. The van der Waals surface area contributed by atoms with Crippen LogP contribution in [0, 0.1) is 11.3 Å². The zero-order valence-corrected chi connectivity index (χ0v) is 11.1. The van der Waals surface area contributed by atoms with E-state index in [0.717, 1.165) is 6.42 Å². The molecule has 0 unspecified atom stereocenters. The van der Waals surface area contributed by atoms with E-state index < -0.39 is 0 Å². The summed E-state index contributed by atoms with van der Waals surface area (Å²) in [6, 6.07) is 5.02. The summed E-state index contributed by atoms with van der Waals surface area (Å²) < 4.78 is 11.0. The highest BCUT2D eigenvalue weighted by Crippen LogP contribution is 2.41. The van der Waals surface area contributed by atoms with Crippen LogP contribution in [0.1, 0.15) is 23.7 Å². The van der Waals surface area contributed by atoms with Crippen LogP contribution in [0.25, 0.3) is 0 Å². The highest BCUT2D eigenvalue weighted by atomic mass is 16.5. The van der Waals surface area contributed by atoms with Gasteiger partial charge in [-0.15, -0.1) is 0 Å². The molecule has 1 heterocycles. The van der Waals surface area contributed by atoms with Crippen molar-refractivity contribution in [3.8, 4) is 17.6 Å². The quantitative estimate of drug-likeness (QED) is 0.601. The number of amides is 1. The van der Waals surface area contributed by atoms with E-state index in [9.17, 15) is 9.59 Å². The van der Waals surface area contributed by atoms with Gasteiger partial charge >= 0.3 is 0 Å². The minimum atomic E-state index is -0.316. The number of carbonyl (C=O) groups is 2. The molecule has 0 N–H and O–H groups in total. The second-order valence-electron chi connectivity index (χ2n) is 4.26. The van der Waals surface area contributed by atoms with E-state index in [-0.39, 0.29) is 19.1 Å². The first kappa shape index (κ1) is 13.9. The number of rotatable bonds is 5. The fourth-order valence-corrected chi connectivity index (χ4v) is 1.93. The van der Waals surface area contributed by atoms with Gasteiger partial charge in [0.2, 0.25) is 0 Å². The average Bonchev–Trinajstić information content (AvgIpc) is 2.47. The molecule has 1 aromatic rings. The van der Waals surface area contributed by atoms with Gasteiger partial charge in [0, 0.05) is 5.56 Å². The van der Waals surface area contributed by atoms with E-state index in [2.05, 4.69) is 0 Å². The molecule has 0 saturated carbocycles. The van der Waals surface area contributed by atoms with Gasteiger partial charge in [0.15, 0.2) is 18.1 Å². The van der Waals surface area contributed by atoms with E-state index >= 15 is 0 Å². The highest BCUT2D eigenvalue weighted by molar-refractivity contribution is 6.00. The van der Waals surface area contributed by atoms with Gasteiger partial charge in [-0.2, -0.15) is 5.26 Å². The first-order chi connectivity index (χ1) is 9.71. The maximum absolute atomic E-state index is 11.8. The molecule has 0 radical (unpaired) electrons. The SMILES string of the molecule is CCCOc1cc(C=O)cc2c1OCC(=O)N2CC#N. The van der Waals surface area contributed by atoms with Crippen LogP contribution in [0.3, 0.4) is 0 Å². The summed E-state index contributed by atoms with van der Waals surface area (Å²) in [7, 11) is 0. The number of nitrogens with zero attached hydrogens (tertiary/aromatic N) is 2. The van der Waals surface area contributed by atoms with Crippen LogP contribution in [0.4, 0.5) is 5.69 Å². The molecular formula is C14H14N2O4. The van der Waals surface area contributed by atoms with Gasteiger partial charge < -0.3 is 9.47 Å². The van der Waals surface area contributed by atoms with Gasteiger partial charge in [-0.05, 0) is 18.6 Å². The number of carbonyl (C=O) groups excluding carboxylic acids is 2. The molecule has 1 aliphatic rings. The Morgan fingerprint density at radius 1 is 1.55 bits per heavy atom. The fraction of sp³-hybridized carbons (Fsp3) is 0.357. The highest BCUT2D eigenvalue weighted by Gasteiger charge is 2.28. The summed E-state index contributed by atoms with van der Waals surface area (Å²) >= 11 is 0. The number of aldehydes is 1. The first-order valence-corrected chi connectivity index (χ1v) is 6.27. The lowest BCUT2D eigenvalue weighted by molar-refractivity contribution is -0.121. The molecule has 0 aliphatic carbocycles. The second-order valence-corrected chi connectivity index (χ2v) is 4.26. The van der Waals surface area contributed by atoms with E-state index in [1.807, 2.05) is 13.0 Å². The van der Waals surface area contributed by atoms with Gasteiger partial charge in [0.1, 0.15) is 12.8 Å². The predicted octanol–water partition coefficient (Wildman–Crippen LogP) is 1.54. The Balaban J connectivity index is 2.49. The molecule has 0 atom stereocenters. The monoisotopic (exact) mass is 274 g/mol. The van der Waals surface area contributed by atoms with Crippen LogP contribution >= 0.6 is 0 Å². The maximum atomic E-state index is 11.8. The Labute approximate surface area is 116 Å². The zero-order valence-electron chi connectivity index (χ0n) is 11.1. The van der Waals surface area contributed by atoms with Crippen molar-refractivity contribution in [3.63, 3.8) is 0 Å². The summed E-state index contributed by atoms with van der Waals surface area (Å²) in [6.07, 6.45) is 1.48. The lowest BCUT2D eigenvalue weighted by Crippen LogP contribution is -2.39. The largest absolute Gasteiger partial charge is 0.490 e. The van der Waals surface area contributed by atoms with Gasteiger partial charge in [0.25, 0.3) is 5.91 Å². The van der Waals surface area contributed by atoms with Crippen LogP contribution in [-0.2, 0) is 4.79 Å². The average molecular weight is 274 g/mol. The maximum Gasteiger partial charge on any atom is 0.265 e. The van der Waals surface area contributed by atoms with E-state index in [4.69, 9.17) is 14.7 Å². The van der Waals surface area contributed by atoms with Crippen molar-refractivity contribution in [1.29, 1.82) is 5.26 Å². The molecule has 1 aliphatic heterocycles. The van der Waals surface area contributed by atoms with Crippen molar-refractivity contribution in [2.45, 2.75) is 13.3 Å². The summed E-state index contributed by atoms with van der Waals surface area (Å²) in [5, 5.41) is 8.81. The Morgan fingerprint density at radius 2 is 2.35 bits per heavy atom. The molecule has 6 heteroatoms. The summed E-state index contributed by atoms with van der Waals surface area (Å²) in [6.45, 7) is 2.20. The number of hydrogen-bond donors (Lipinski definition) is 0. The van der Waals surface area contributed by atoms with E-state index in [1.54, 1.807) is 6.07 Å². The van der Waals surface area contributed by atoms with Crippen molar-refractivity contribution in [1.82, 2.24) is 0 Å². The van der Waals surface area contributed by atoms with E-state index in [1.165, 1.54) is 11.0 Å². The topological polar surface area (TPSA) is 79.6 Å². The van der Waals surface area contributed by atoms with Crippen molar-refractivity contribution in [2.75, 3.05) is 24.7 Å². The predicted molar refractivity (Wildman–Crippen MR) is 71.1 cm³/mol. The first-order valence-electron chi connectivity index (χ1n) is 6.27. The lowest BCUT2D eigenvalue weighted by atomic mass is 10.1. The normalized spacial score (nSPS) is 13.2. The van der Waals surface area contributed by atoms with Crippen LogP contribution in [0.15, 0.2) is 12.1 Å². The number of anilines is 1. The molecule has 20 heavy (non-hydrogen) atoms. The molecule has 0 spiro atoms. The molecule has 1 aromatic carbocycles. The molecule has 6 nitrogen and oxygen atoms in total. The van der Waals surface area contributed by atoms with Crippen molar-refractivity contribution in [2.24, 2.45) is 0 Å². The number of benzene rings is 1. The number of hydrogen-bond acceptors (Lipinski definition) is 5.